The van der Waals surface area contributed by atoms with Crippen molar-refractivity contribution < 1.29 is 19.0 Å². The highest BCUT2D eigenvalue weighted by Crippen LogP contribution is 2.36. The van der Waals surface area contributed by atoms with Gasteiger partial charge in [-0.05, 0) is 18.9 Å². The molecule has 4 heteroatoms. The Balaban J connectivity index is 2.42. The van der Waals surface area contributed by atoms with Crippen LogP contribution < -0.4 is 0 Å². The molecule has 0 saturated carbocycles. The fourth-order valence-corrected chi connectivity index (χ4v) is 2.03. The van der Waals surface area contributed by atoms with E-state index in [1.807, 2.05) is 0 Å². The first-order valence-electron chi connectivity index (χ1n) is 5.23. The average Bonchev–Trinajstić information content (AvgIpc) is 2.30. The van der Waals surface area contributed by atoms with Gasteiger partial charge >= 0.3 is 5.97 Å². The van der Waals surface area contributed by atoms with Gasteiger partial charge in [-0.3, -0.25) is 0 Å². The number of aromatic carboxylic acids is 1. The van der Waals surface area contributed by atoms with Crippen molar-refractivity contribution in [2.75, 3.05) is 13.2 Å². The van der Waals surface area contributed by atoms with Crippen molar-refractivity contribution in [3.05, 3.63) is 35.4 Å². The zero-order chi connectivity index (χ0) is 11.6. The Kier molecular flexibility index (Phi) is 2.92. The van der Waals surface area contributed by atoms with E-state index in [0.717, 1.165) is 0 Å². The molecule has 1 aromatic carbocycles. The van der Waals surface area contributed by atoms with Gasteiger partial charge in [-0.2, -0.15) is 0 Å². The third-order valence-corrected chi connectivity index (χ3v) is 2.83. The highest BCUT2D eigenvalue weighted by Gasteiger charge is 2.37. The van der Waals surface area contributed by atoms with Crippen LogP contribution in [-0.2, 0) is 10.4 Å². The van der Waals surface area contributed by atoms with Gasteiger partial charge in [0.2, 0.25) is 0 Å². The Morgan fingerprint density at radius 1 is 1.44 bits per heavy atom. The molecule has 0 amide bonds. The Labute approximate surface area is 92.9 Å². The van der Waals surface area contributed by atoms with Gasteiger partial charge in [0.1, 0.15) is 0 Å². The van der Waals surface area contributed by atoms with Crippen LogP contribution >= 0.6 is 0 Å². The van der Waals surface area contributed by atoms with Crippen LogP contribution in [0.3, 0.4) is 0 Å². The van der Waals surface area contributed by atoms with E-state index < -0.39 is 11.6 Å². The number of hydrogen-bond acceptors (Lipinski definition) is 2. The molecular weight excluding hydrogens is 211 g/mol. The molecule has 1 aromatic rings. The molecule has 3 nitrogen and oxygen atoms in total. The summed E-state index contributed by atoms with van der Waals surface area (Å²) in [5, 5.41) is 9.00. The van der Waals surface area contributed by atoms with Crippen molar-refractivity contribution in [2.45, 2.75) is 18.5 Å². The number of alkyl halides is 1. The van der Waals surface area contributed by atoms with Crippen LogP contribution in [0, 0.1) is 0 Å². The Morgan fingerprint density at radius 3 is 2.81 bits per heavy atom. The number of ether oxygens (including phenoxy) is 1. The molecule has 2 rings (SSSR count). The molecule has 16 heavy (non-hydrogen) atoms. The molecule has 0 radical (unpaired) electrons. The molecule has 1 saturated heterocycles. The predicted molar refractivity (Wildman–Crippen MR) is 56.2 cm³/mol. The molecule has 0 spiro atoms. The summed E-state index contributed by atoms with van der Waals surface area (Å²) in [6.07, 6.45) is 0.932. The predicted octanol–water partition coefficient (Wildman–Crippen LogP) is 2.36. The summed E-state index contributed by atoms with van der Waals surface area (Å²) in [6.45, 7) is 0.484. The summed E-state index contributed by atoms with van der Waals surface area (Å²) in [4.78, 5) is 11.0. The summed E-state index contributed by atoms with van der Waals surface area (Å²) < 4.78 is 19.6. The number of carbonyl (C=O) groups is 1. The first kappa shape index (κ1) is 11.1. The zero-order valence-corrected chi connectivity index (χ0v) is 8.78. The highest BCUT2D eigenvalue weighted by molar-refractivity contribution is 5.89. The maximum absolute atomic E-state index is 14.5. The molecule has 1 aliphatic rings. The van der Waals surface area contributed by atoms with Crippen LogP contribution in [0.4, 0.5) is 4.39 Å². The number of benzene rings is 1. The third-order valence-electron chi connectivity index (χ3n) is 2.83. The van der Waals surface area contributed by atoms with E-state index in [1.54, 1.807) is 12.1 Å². The normalized spacial score (nSPS) is 25.3. The Hall–Kier alpha value is -1.42. The van der Waals surface area contributed by atoms with Gasteiger partial charge < -0.3 is 9.84 Å². The molecule has 0 bridgehead atoms. The van der Waals surface area contributed by atoms with Crippen molar-refractivity contribution in [2.24, 2.45) is 0 Å². The van der Waals surface area contributed by atoms with Crippen LogP contribution in [0.1, 0.15) is 28.8 Å². The maximum Gasteiger partial charge on any atom is 0.336 e. The van der Waals surface area contributed by atoms with E-state index in [4.69, 9.17) is 9.84 Å². The summed E-state index contributed by atoms with van der Waals surface area (Å²) in [5.74, 6) is -1.10. The summed E-state index contributed by atoms with van der Waals surface area (Å²) >= 11 is 0. The summed E-state index contributed by atoms with van der Waals surface area (Å²) in [7, 11) is 0. The van der Waals surface area contributed by atoms with Gasteiger partial charge in [-0.25, -0.2) is 9.18 Å². The number of carboxylic acids is 1. The minimum Gasteiger partial charge on any atom is -0.478 e. The van der Waals surface area contributed by atoms with Gasteiger partial charge in [0, 0.05) is 12.2 Å². The van der Waals surface area contributed by atoms with Gasteiger partial charge in [0.25, 0.3) is 0 Å². The van der Waals surface area contributed by atoms with Crippen LogP contribution in [0.2, 0.25) is 0 Å². The van der Waals surface area contributed by atoms with E-state index >= 15 is 0 Å². The zero-order valence-electron chi connectivity index (χ0n) is 8.78. The minimum atomic E-state index is -1.66. The fraction of sp³-hybridized carbons (Fsp3) is 0.417. The smallest absolute Gasteiger partial charge is 0.336 e. The van der Waals surface area contributed by atoms with Crippen molar-refractivity contribution in [3.8, 4) is 0 Å². The molecule has 1 fully saturated rings. The van der Waals surface area contributed by atoms with Gasteiger partial charge in [0.15, 0.2) is 5.67 Å². The molecule has 1 unspecified atom stereocenters. The van der Waals surface area contributed by atoms with Gasteiger partial charge in [0.05, 0.1) is 12.2 Å². The molecule has 0 aromatic heterocycles. The van der Waals surface area contributed by atoms with Crippen molar-refractivity contribution >= 4 is 5.97 Å². The van der Waals surface area contributed by atoms with Gasteiger partial charge in [-0.1, -0.05) is 18.2 Å². The molecular formula is C12H13FO3. The monoisotopic (exact) mass is 224 g/mol. The number of carboxylic acid groups (broad SMARTS) is 1. The van der Waals surface area contributed by atoms with Crippen molar-refractivity contribution in [1.82, 2.24) is 0 Å². The average molecular weight is 224 g/mol. The number of halogens is 1. The Bertz CT molecular complexity index is 397. The number of hydrogen-bond donors (Lipinski definition) is 1. The lowest BCUT2D eigenvalue weighted by Crippen LogP contribution is -2.33. The fourth-order valence-electron chi connectivity index (χ4n) is 2.03. The topological polar surface area (TPSA) is 46.5 Å². The second-order valence-electron chi connectivity index (χ2n) is 3.97. The van der Waals surface area contributed by atoms with Crippen LogP contribution in [0.5, 0.6) is 0 Å². The minimum absolute atomic E-state index is 0.0236. The second kappa shape index (κ2) is 4.22. The Morgan fingerprint density at radius 2 is 2.19 bits per heavy atom. The van der Waals surface area contributed by atoms with Crippen LogP contribution in [0.25, 0.3) is 0 Å². The van der Waals surface area contributed by atoms with E-state index in [0.29, 0.717) is 19.4 Å². The molecule has 1 heterocycles. The van der Waals surface area contributed by atoms with Gasteiger partial charge in [-0.15, -0.1) is 0 Å². The van der Waals surface area contributed by atoms with Crippen LogP contribution in [0.15, 0.2) is 24.3 Å². The maximum atomic E-state index is 14.5. The summed E-state index contributed by atoms with van der Waals surface area (Å²) in [6, 6.07) is 6.20. The quantitative estimate of drug-likeness (QED) is 0.838. The lowest BCUT2D eigenvalue weighted by Gasteiger charge is -2.30. The molecule has 1 aliphatic heterocycles. The number of rotatable bonds is 2. The molecule has 86 valence electrons. The summed E-state index contributed by atoms with van der Waals surface area (Å²) in [5.41, 5.74) is -1.41. The van der Waals surface area contributed by atoms with E-state index in [-0.39, 0.29) is 17.7 Å². The second-order valence-corrected chi connectivity index (χ2v) is 3.97. The highest BCUT2D eigenvalue weighted by atomic mass is 19.1. The first-order valence-corrected chi connectivity index (χ1v) is 5.23. The standard InChI is InChI=1S/C12H13FO3/c13-12(6-3-7-16-8-12)10-5-2-1-4-9(10)11(14)15/h1-2,4-5H,3,6-8H2,(H,14,15). The van der Waals surface area contributed by atoms with Crippen molar-refractivity contribution in [3.63, 3.8) is 0 Å². The van der Waals surface area contributed by atoms with E-state index in [1.165, 1.54) is 12.1 Å². The SMILES string of the molecule is O=C(O)c1ccccc1C1(F)CCCOC1. The largest absolute Gasteiger partial charge is 0.478 e. The molecule has 1 atom stereocenters. The van der Waals surface area contributed by atoms with E-state index in [9.17, 15) is 9.18 Å². The van der Waals surface area contributed by atoms with E-state index in [2.05, 4.69) is 0 Å². The lowest BCUT2D eigenvalue weighted by molar-refractivity contribution is -0.0352. The first-order chi connectivity index (χ1) is 7.63. The van der Waals surface area contributed by atoms with Crippen molar-refractivity contribution in [1.29, 1.82) is 0 Å². The molecule has 1 N–H and O–H groups in total. The lowest BCUT2D eigenvalue weighted by atomic mass is 9.87. The third kappa shape index (κ3) is 1.93. The molecule has 0 aliphatic carbocycles. The van der Waals surface area contributed by atoms with Crippen LogP contribution in [-0.4, -0.2) is 24.3 Å².